The molecule has 1 aromatic heterocycles. The molecule has 5 rings (SSSR count). The Morgan fingerprint density at radius 3 is 2.88 bits per heavy atom. The van der Waals surface area contributed by atoms with Crippen molar-refractivity contribution in [3.8, 4) is 6.07 Å². The van der Waals surface area contributed by atoms with E-state index in [4.69, 9.17) is 9.47 Å². The minimum absolute atomic E-state index is 0.155. The second kappa shape index (κ2) is 8.10. The number of hydrogen-bond acceptors (Lipinski definition) is 8. The van der Waals surface area contributed by atoms with E-state index in [9.17, 15) is 13.7 Å². The number of fused-ring (bicyclic) bond motifs is 3. The third-order valence-corrected chi connectivity index (χ3v) is 7.45. The molecule has 0 amide bonds. The number of sulfone groups is 1. The van der Waals surface area contributed by atoms with Gasteiger partial charge in [0, 0.05) is 43.5 Å². The van der Waals surface area contributed by atoms with Crippen LogP contribution in [0.3, 0.4) is 0 Å². The number of aromatic nitrogens is 2. The van der Waals surface area contributed by atoms with E-state index in [1.807, 2.05) is 12.1 Å². The molecule has 0 radical (unpaired) electrons. The summed E-state index contributed by atoms with van der Waals surface area (Å²) >= 11 is 0. The fraction of sp³-hybridized carbons (Fsp3) is 0.522. The third kappa shape index (κ3) is 3.66. The molecule has 9 heteroatoms. The molecule has 1 fully saturated rings. The molecule has 168 valence electrons. The monoisotopic (exact) mass is 454 g/mol. The van der Waals surface area contributed by atoms with Gasteiger partial charge in [0.25, 0.3) is 0 Å². The Morgan fingerprint density at radius 1 is 1.19 bits per heavy atom. The zero-order valence-corrected chi connectivity index (χ0v) is 18.9. The van der Waals surface area contributed by atoms with Crippen LogP contribution in [0.2, 0.25) is 0 Å². The normalized spacial score (nSPS) is 23.2. The summed E-state index contributed by atoms with van der Waals surface area (Å²) in [5.41, 5.74) is 3.55. The molecule has 1 atom stereocenters. The quantitative estimate of drug-likeness (QED) is 0.637. The summed E-state index contributed by atoms with van der Waals surface area (Å²) in [6.07, 6.45) is 5.02. The van der Waals surface area contributed by atoms with Crippen molar-refractivity contribution in [1.82, 2.24) is 9.97 Å². The van der Waals surface area contributed by atoms with Crippen LogP contribution >= 0.6 is 0 Å². The summed E-state index contributed by atoms with van der Waals surface area (Å²) in [6.45, 7) is 2.90. The van der Waals surface area contributed by atoms with Crippen molar-refractivity contribution in [2.45, 2.75) is 49.5 Å². The minimum atomic E-state index is -3.60. The summed E-state index contributed by atoms with van der Waals surface area (Å²) in [5.74, 6) is 0.625. The zero-order valence-electron chi connectivity index (χ0n) is 18.1. The number of ether oxygens (including phenoxy) is 2. The van der Waals surface area contributed by atoms with E-state index in [1.54, 1.807) is 0 Å². The summed E-state index contributed by atoms with van der Waals surface area (Å²) in [5, 5.41) is 9.61. The van der Waals surface area contributed by atoms with Gasteiger partial charge in [0.2, 0.25) is 15.0 Å². The Bertz CT molecular complexity index is 1200. The lowest BCUT2D eigenvalue weighted by Gasteiger charge is -2.43. The number of hydrogen-bond donors (Lipinski definition) is 0. The molecule has 0 N–H and O–H groups in total. The fourth-order valence-corrected chi connectivity index (χ4v) is 5.68. The number of nitriles is 1. The lowest BCUT2D eigenvalue weighted by molar-refractivity contribution is -0.0857. The zero-order chi connectivity index (χ0) is 22.3. The molecule has 8 nitrogen and oxygen atoms in total. The number of anilines is 1. The Kier molecular flexibility index (Phi) is 5.40. The lowest BCUT2D eigenvalue weighted by Crippen LogP contribution is -2.41. The predicted octanol–water partition coefficient (Wildman–Crippen LogP) is 2.28. The summed E-state index contributed by atoms with van der Waals surface area (Å²) in [7, 11) is -3.60. The molecule has 32 heavy (non-hydrogen) atoms. The van der Waals surface area contributed by atoms with E-state index in [0.29, 0.717) is 43.3 Å². The first kappa shape index (κ1) is 21.3. The first-order chi connectivity index (χ1) is 15.4. The van der Waals surface area contributed by atoms with Crippen LogP contribution in [-0.2, 0) is 44.4 Å². The first-order valence-corrected chi connectivity index (χ1v) is 12.9. The maximum Gasteiger partial charge on any atom is 0.249 e. The fourth-order valence-electron chi connectivity index (χ4n) is 5.16. The highest BCUT2D eigenvalue weighted by Gasteiger charge is 2.44. The van der Waals surface area contributed by atoms with Crippen LogP contribution in [0.1, 0.15) is 47.2 Å². The lowest BCUT2D eigenvalue weighted by atomic mass is 9.73. The smallest absolute Gasteiger partial charge is 0.249 e. The van der Waals surface area contributed by atoms with Gasteiger partial charge >= 0.3 is 0 Å². The van der Waals surface area contributed by atoms with Crippen LogP contribution < -0.4 is 4.90 Å². The number of benzene rings is 1. The molecule has 2 aliphatic heterocycles. The predicted molar refractivity (Wildman–Crippen MR) is 117 cm³/mol. The van der Waals surface area contributed by atoms with Crippen LogP contribution in [0.15, 0.2) is 23.4 Å². The molecule has 0 saturated carbocycles. The topological polar surface area (TPSA) is 105 Å². The van der Waals surface area contributed by atoms with Crippen LogP contribution in [0.4, 0.5) is 5.82 Å². The van der Waals surface area contributed by atoms with Crippen LogP contribution in [0.25, 0.3) is 0 Å². The molecule has 1 aliphatic carbocycles. The van der Waals surface area contributed by atoms with Crippen LogP contribution in [-0.4, -0.2) is 50.9 Å². The van der Waals surface area contributed by atoms with E-state index < -0.39 is 15.4 Å². The van der Waals surface area contributed by atoms with Gasteiger partial charge in [-0.25, -0.2) is 18.4 Å². The summed E-state index contributed by atoms with van der Waals surface area (Å²) in [4.78, 5) is 11.1. The van der Waals surface area contributed by atoms with Gasteiger partial charge in [-0.3, -0.25) is 0 Å². The average Bonchev–Trinajstić information content (AvgIpc) is 3.07. The van der Waals surface area contributed by atoms with Crippen molar-refractivity contribution >= 4 is 15.7 Å². The van der Waals surface area contributed by atoms with Crippen molar-refractivity contribution in [2.75, 3.05) is 37.5 Å². The Balaban J connectivity index is 1.64. The Hall–Kier alpha value is -2.54. The summed E-state index contributed by atoms with van der Waals surface area (Å²) < 4.78 is 37.0. The maximum atomic E-state index is 12.4. The molecular weight excluding hydrogens is 428 g/mol. The van der Waals surface area contributed by atoms with Gasteiger partial charge in [0.05, 0.1) is 30.5 Å². The third-order valence-electron chi connectivity index (χ3n) is 6.60. The second-order valence-corrected chi connectivity index (χ2v) is 10.7. The SMILES string of the molecule is CS(=O)(=O)c1nc2c(c(N3CCCOCC3)n1)COC1(CCCc3cccc(C#N)c31)C2. The first-order valence-electron chi connectivity index (χ1n) is 11.0. The maximum absolute atomic E-state index is 12.4. The van der Waals surface area contributed by atoms with Gasteiger partial charge in [-0.1, -0.05) is 12.1 Å². The molecule has 1 saturated heterocycles. The number of aryl methyl sites for hydroxylation is 1. The number of nitrogens with zero attached hydrogens (tertiary/aromatic N) is 4. The molecular formula is C23H26N4O4S. The standard InChI is InChI=1S/C23H26N4O4S/c1-32(28,29)22-25-19-13-23(8-3-7-16-5-2-6-17(14-24)20(16)23)31-15-18(19)21(26-22)27-9-4-11-30-12-10-27/h2,5-6H,3-4,7-13,15H2,1H3. The van der Waals surface area contributed by atoms with Crippen LogP contribution in [0.5, 0.6) is 0 Å². The second-order valence-electron chi connectivity index (χ2n) is 8.74. The van der Waals surface area contributed by atoms with Crippen molar-refractivity contribution in [3.05, 3.63) is 46.1 Å². The molecule has 2 aromatic rings. The van der Waals surface area contributed by atoms with Gasteiger partial charge in [0.15, 0.2) is 0 Å². The van der Waals surface area contributed by atoms with Crippen molar-refractivity contribution in [3.63, 3.8) is 0 Å². The van der Waals surface area contributed by atoms with E-state index >= 15 is 0 Å². The summed E-state index contributed by atoms with van der Waals surface area (Å²) in [6, 6.07) is 8.12. The van der Waals surface area contributed by atoms with E-state index in [0.717, 1.165) is 55.2 Å². The minimum Gasteiger partial charge on any atom is -0.380 e. The largest absolute Gasteiger partial charge is 0.380 e. The molecule has 0 bridgehead atoms. The molecule has 3 heterocycles. The van der Waals surface area contributed by atoms with Crippen molar-refractivity contribution in [2.24, 2.45) is 0 Å². The highest BCUT2D eigenvalue weighted by Crippen LogP contribution is 2.47. The van der Waals surface area contributed by atoms with Gasteiger partial charge in [-0.05, 0) is 37.3 Å². The van der Waals surface area contributed by atoms with Gasteiger partial charge in [-0.2, -0.15) is 5.26 Å². The van der Waals surface area contributed by atoms with Crippen molar-refractivity contribution < 1.29 is 17.9 Å². The Morgan fingerprint density at radius 2 is 2.06 bits per heavy atom. The van der Waals surface area contributed by atoms with Crippen LogP contribution in [0, 0.1) is 11.3 Å². The average molecular weight is 455 g/mol. The molecule has 1 unspecified atom stereocenters. The highest BCUT2D eigenvalue weighted by molar-refractivity contribution is 7.90. The number of rotatable bonds is 2. The molecule has 3 aliphatic rings. The van der Waals surface area contributed by atoms with E-state index in [1.165, 1.54) is 0 Å². The molecule has 1 aromatic carbocycles. The van der Waals surface area contributed by atoms with Gasteiger partial charge in [-0.15, -0.1) is 0 Å². The van der Waals surface area contributed by atoms with Crippen molar-refractivity contribution in [1.29, 1.82) is 5.26 Å². The Labute approximate surface area is 188 Å². The van der Waals surface area contributed by atoms with Gasteiger partial charge < -0.3 is 14.4 Å². The molecule has 1 spiro atoms. The van der Waals surface area contributed by atoms with E-state index in [2.05, 4.69) is 27.0 Å². The van der Waals surface area contributed by atoms with E-state index in [-0.39, 0.29) is 11.8 Å². The van der Waals surface area contributed by atoms with Gasteiger partial charge in [0.1, 0.15) is 11.4 Å². The highest BCUT2D eigenvalue weighted by atomic mass is 32.2.